The molecule has 0 aliphatic rings. The summed E-state index contributed by atoms with van der Waals surface area (Å²) in [7, 11) is 0. The van der Waals surface area contributed by atoms with Crippen LogP contribution in [0.3, 0.4) is 0 Å². The lowest BCUT2D eigenvalue weighted by molar-refractivity contribution is 0.539. The van der Waals surface area contributed by atoms with Gasteiger partial charge in [-0.3, -0.25) is 0 Å². The lowest BCUT2D eigenvalue weighted by atomic mass is 9.92. The second-order valence-corrected chi connectivity index (χ2v) is 11.1. The zero-order chi connectivity index (χ0) is 32.9. The molecule has 6 nitrogen and oxygen atoms in total. The van der Waals surface area contributed by atoms with Crippen LogP contribution in [0.4, 0.5) is 13.2 Å². The van der Waals surface area contributed by atoms with E-state index in [4.69, 9.17) is 15.2 Å². The van der Waals surface area contributed by atoms with Crippen LogP contribution in [0.5, 0.6) is 0 Å². The van der Waals surface area contributed by atoms with Crippen molar-refractivity contribution in [3.8, 4) is 51.3 Å². The SMILES string of the molecule is N#Cc1c(F)c(C#N)c(F)c(-c2ccc(-c3cc4c(-c5ccccc5)nc5ccccc5c4c4nn(-c5ccccc5)nc34)cc2)c1F. The van der Waals surface area contributed by atoms with Gasteiger partial charge in [0.25, 0.3) is 0 Å². The van der Waals surface area contributed by atoms with E-state index in [1.165, 1.54) is 24.3 Å². The van der Waals surface area contributed by atoms with Gasteiger partial charge < -0.3 is 0 Å². The van der Waals surface area contributed by atoms with E-state index in [1.54, 1.807) is 16.9 Å². The van der Waals surface area contributed by atoms with Crippen molar-refractivity contribution >= 4 is 32.7 Å². The molecule has 0 aliphatic carbocycles. The zero-order valence-electron chi connectivity index (χ0n) is 24.8. The average Bonchev–Trinajstić information content (AvgIpc) is 3.58. The summed E-state index contributed by atoms with van der Waals surface area (Å²) in [5, 5.41) is 31.2. The molecule has 0 unspecified atom stereocenters. The molecule has 8 aromatic rings. The first-order valence-corrected chi connectivity index (χ1v) is 14.8. The summed E-state index contributed by atoms with van der Waals surface area (Å²) in [6, 6.07) is 38.3. The van der Waals surface area contributed by atoms with Crippen LogP contribution < -0.4 is 0 Å². The van der Waals surface area contributed by atoms with E-state index < -0.39 is 34.1 Å². The van der Waals surface area contributed by atoms with Crippen LogP contribution in [-0.4, -0.2) is 20.0 Å². The van der Waals surface area contributed by atoms with E-state index in [2.05, 4.69) is 0 Å². The highest BCUT2D eigenvalue weighted by Crippen LogP contribution is 2.41. The van der Waals surface area contributed by atoms with Gasteiger partial charge in [0, 0.05) is 27.3 Å². The molecule has 8 rings (SSSR count). The van der Waals surface area contributed by atoms with Crippen LogP contribution >= 0.6 is 0 Å². The average molecular weight is 629 g/mol. The van der Waals surface area contributed by atoms with Crippen molar-refractivity contribution in [3.05, 3.63) is 144 Å². The minimum absolute atomic E-state index is 0.0318. The number of nitriles is 2. The van der Waals surface area contributed by atoms with Crippen molar-refractivity contribution in [1.82, 2.24) is 20.0 Å². The molecule has 2 aromatic heterocycles. The maximum atomic E-state index is 15.3. The number of benzene rings is 6. The van der Waals surface area contributed by atoms with E-state index in [1.807, 2.05) is 91.0 Å². The molecule has 2 heterocycles. The molecule has 0 saturated carbocycles. The first-order valence-electron chi connectivity index (χ1n) is 14.8. The van der Waals surface area contributed by atoms with Crippen molar-refractivity contribution < 1.29 is 13.2 Å². The van der Waals surface area contributed by atoms with Gasteiger partial charge in [-0.05, 0) is 35.4 Å². The predicted molar refractivity (Wildman–Crippen MR) is 177 cm³/mol. The third-order valence-corrected chi connectivity index (χ3v) is 8.38. The summed E-state index contributed by atoms with van der Waals surface area (Å²) in [5.74, 6) is -4.27. The molecule has 0 amide bonds. The van der Waals surface area contributed by atoms with Gasteiger partial charge in [0.1, 0.15) is 34.3 Å². The summed E-state index contributed by atoms with van der Waals surface area (Å²) in [4.78, 5) is 6.65. The Kier molecular flexibility index (Phi) is 6.68. The first kappa shape index (κ1) is 28.6. The Morgan fingerprint density at radius 3 is 1.81 bits per heavy atom. The topological polar surface area (TPSA) is 91.2 Å². The van der Waals surface area contributed by atoms with Gasteiger partial charge in [0.05, 0.1) is 22.5 Å². The minimum atomic E-state index is -1.52. The Bertz CT molecular complexity index is 2610. The Hall–Kier alpha value is -6.84. The lowest BCUT2D eigenvalue weighted by Crippen LogP contribution is -2.03. The van der Waals surface area contributed by atoms with Crippen molar-refractivity contribution in [3.63, 3.8) is 0 Å². The summed E-state index contributed by atoms with van der Waals surface area (Å²) >= 11 is 0. The van der Waals surface area contributed by atoms with Crippen molar-refractivity contribution in [1.29, 1.82) is 10.5 Å². The zero-order valence-corrected chi connectivity index (χ0v) is 24.8. The Morgan fingerprint density at radius 1 is 0.562 bits per heavy atom. The lowest BCUT2D eigenvalue weighted by Gasteiger charge is -2.13. The van der Waals surface area contributed by atoms with Gasteiger partial charge in [-0.1, -0.05) is 91.0 Å². The smallest absolute Gasteiger partial charge is 0.164 e. The van der Waals surface area contributed by atoms with E-state index in [0.717, 1.165) is 38.6 Å². The van der Waals surface area contributed by atoms with Gasteiger partial charge in [0.15, 0.2) is 17.5 Å². The van der Waals surface area contributed by atoms with Gasteiger partial charge >= 0.3 is 0 Å². The largest absolute Gasteiger partial charge is 0.247 e. The summed E-state index contributed by atoms with van der Waals surface area (Å²) < 4.78 is 45.0. The highest BCUT2D eigenvalue weighted by Gasteiger charge is 2.26. The van der Waals surface area contributed by atoms with Gasteiger partial charge in [0.2, 0.25) is 0 Å². The molecule has 6 aromatic carbocycles. The molecule has 0 bridgehead atoms. The van der Waals surface area contributed by atoms with Crippen LogP contribution in [0.1, 0.15) is 11.1 Å². The molecule has 0 aliphatic heterocycles. The molecule has 0 radical (unpaired) electrons. The van der Waals surface area contributed by atoms with Crippen molar-refractivity contribution in [2.75, 3.05) is 0 Å². The minimum Gasteiger partial charge on any atom is -0.247 e. The van der Waals surface area contributed by atoms with E-state index in [-0.39, 0.29) is 5.56 Å². The number of halogens is 3. The molecule has 0 saturated heterocycles. The fourth-order valence-electron chi connectivity index (χ4n) is 6.13. The molecule has 0 N–H and O–H groups in total. The molecule has 9 heteroatoms. The highest BCUT2D eigenvalue weighted by molar-refractivity contribution is 6.23. The number of nitrogens with zero attached hydrogens (tertiary/aromatic N) is 6. The Balaban J connectivity index is 1.42. The molecular weight excluding hydrogens is 609 g/mol. The molecule has 226 valence electrons. The van der Waals surface area contributed by atoms with Crippen LogP contribution in [-0.2, 0) is 0 Å². The molecular formula is C39H19F3N6. The first-order chi connectivity index (χ1) is 23.5. The maximum absolute atomic E-state index is 15.3. The number of rotatable bonds is 4. The van der Waals surface area contributed by atoms with Crippen LogP contribution in [0.15, 0.2) is 115 Å². The highest BCUT2D eigenvalue weighted by atomic mass is 19.1. The number of hydrogen-bond acceptors (Lipinski definition) is 5. The van der Waals surface area contributed by atoms with Gasteiger partial charge in [-0.2, -0.15) is 15.3 Å². The second kappa shape index (κ2) is 11.2. The van der Waals surface area contributed by atoms with Gasteiger partial charge in [-0.15, -0.1) is 10.2 Å². The number of para-hydroxylation sites is 2. The van der Waals surface area contributed by atoms with E-state index in [9.17, 15) is 14.9 Å². The third-order valence-electron chi connectivity index (χ3n) is 8.38. The van der Waals surface area contributed by atoms with Crippen molar-refractivity contribution in [2.24, 2.45) is 0 Å². The molecule has 0 atom stereocenters. The fourth-order valence-corrected chi connectivity index (χ4v) is 6.13. The molecule has 0 spiro atoms. The molecule has 0 fully saturated rings. The summed E-state index contributed by atoms with van der Waals surface area (Å²) in [6.45, 7) is 0. The van der Waals surface area contributed by atoms with E-state index in [0.29, 0.717) is 22.2 Å². The second-order valence-electron chi connectivity index (χ2n) is 11.1. The Labute approximate surface area is 271 Å². The number of pyridine rings is 1. The maximum Gasteiger partial charge on any atom is 0.164 e. The van der Waals surface area contributed by atoms with Crippen LogP contribution in [0.25, 0.3) is 71.9 Å². The predicted octanol–water partition coefficient (Wildman–Crippen LogP) is 9.28. The van der Waals surface area contributed by atoms with Crippen molar-refractivity contribution in [2.45, 2.75) is 0 Å². The Morgan fingerprint density at radius 2 is 1.15 bits per heavy atom. The van der Waals surface area contributed by atoms with E-state index >= 15 is 8.78 Å². The van der Waals surface area contributed by atoms with Gasteiger partial charge in [-0.25, -0.2) is 18.2 Å². The van der Waals surface area contributed by atoms with Crippen LogP contribution in [0, 0.1) is 40.1 Å². The number of fused-ring (bicyclic) bond motifs is 5. The number of hydrogen-bond donors (Lipinski definition) is 0. The van der Waals surface area contributed by atoms with Crippen LogP contribution in [0.2, 0.25) is 0 Å². The normalized spacial score (nSPS) is 11.2. The monoisotopic (exact) mass is 628 g/mol. The summed E-state index contributed by atoms with van der Waals surface area (Å²) in [6.07, 6.45) is 0. The fraction of sp³-hybridized carbons (Fsp3) is 0. The number of aromatic nitrogens is 4. The molecule has 48 heavy (non-hydrogen) atoms. The summed E-state index contributed by atoms with van der Waals surface area (Å²) in [5.41, 5.74) is 3.13. The standard InChI is InChI=1S/C39H19F3N6/c40-34-29(20-43)35(41)32(36(42)30(34)21-44)23-17-15-22(16-18-23)27-19-28-33(39-38(27)46-48(47-39)25-11-5-2-6-12-25)26-13-7-8-14-31(26)45-37(28)24-9-3-1-4-10-24/h1-19H. The quantitative estimate of drug-likeness (QED) is 0.181. The third kappa shape index (κ3) is 4.38.